The van der Waals surface area contributed by atoms with Crippen LogP contribution in [-0.4, -0.2) is 15.6 Å². The Morgan fingerprint density at radius 1 is 1.50 bits per heavy atom. The minimum atomic E-state index is -0.840. The highest BCUT2D eigenvalue weighted by atomic mass is 16.4. The number of aromatic nitrogens is 1. The average molecular weight is 223 g/mol. The van der Waals surface area contributed by atoms with Gasteiger partial charge in [0.25, 0.3) is 5.56 Å². The van der Waals surface area contributed by atoms with Crippen LogP contribution in [0.3, 0.4) is 0 Å². The van der Waals surface area contributed by atoms with Gasteiger partial charge in [-0.15, -0.1) is 0 Å². The second kappa shape index (κ2) is 4.51. The largest absolute Gasteiger partial charge is 0.481 e. The van der Waals surface area contributed by atoms with Gasteiger partial charge < -0.3 is 9.67 Å². The molecule has 1 heterocycles. The molecule has 0 saturated heterocycles. The van der Waals surface area contributed by atoms with Crippen LogP contribution in [0.4, 0.5) is 0 Å². The number of aliphatic carboxylic acids is 1. The highest BCUT2D eigenvalue weighted by Gasteiger charge is 2.26. The van der Waals surface area contributed by atoms with Crippen molar-refractivity contribution < 1.29 is 9.90 Å². The van der Waals surface area contributed by atoms with E-state index in [-0.39, 0.29) is 5.56 Å². The van der Waals surface area contributed by atoms with Gasteiger partial charge in [-0.1, -0.05) is 6.07 Å². The molecule has 0 saturated carbocycles. The maximum Gasteiger partial charge on any atom is 0.309 e. The molecular formula is C12H17NO3. The average Bonchev–Trinajstić information content (AvgIpc) is 2.20. The Bertz CT molecular complexity index is 446. The van der Waals surface area contributed by atoms with E-state index >= 15 is 0 Å². The summed E-state index contributed by atoms with van der Waals surface area (Å²) in [6, 6.07) is 3.55. The van der Waals surface area contributed by atoms with Crippen LogP contribution in [-0.2, 0) is 11.3 Å². The van der Waals surface area contributed by atoms with E-state index in [0.717, 1.165) is 0 Å². The van der Waals surface area contributed by atoms with Crippen molar-refractivity contribution in [2.75, 3.05) is 0 Å². The third-order valence-electron chi connectivity index (χ3n) is 2.77. The van der Waals surface area contributed by atoms with E-state index in [9.17, 15) is 9.59 Å². The first-order chi connectivity index (χ1) is 7.34. The van der Waals surface area contributed by atoms with Crippen molar-refractivity contribution in [2.45, 2.75) is 33.7 Å². The first-order valence-corrected chi connectivity index (χ1v) is 5.24. The Balaban J connectivity index is 2.80. The lowest BCUT2D eigenvalue weighted by molar-refractivity contribution is -0.147. The van der Waals surface area contributed by atoms with E-state index in [1.54, 1.807) is 43.7 Å². The molecular weight excluding hydrogens is 206 g/mol. The SMILES string of the molecule is Cc1cccn(CCC(C)(C)C(=O)O)c1=O. The van der Waals surface area contributed by atoms with Crippen molar-refractivity contribution in [1.29, 1.82) is 0 Å². The summed E-state index contributed by atoms with van der Waals surface area (Å²) in [6.45, 7) is 5.51. The van der Waals surface area contributed by atoms with Crippen LogP contribution in [0.1, 0.15) is 25.8 Å². The van der Waals surface area contributed by atoms with Gasteiger partial charge in [-0.25, -0.2) is 0 Å². The Labute approximate surface area is 94.5 Å². The van der Waals surface area contributed by atoms with Gasteiger partial charge in [0.2, 0.25) is 0 Å². The summed E-state index contributed by atoms with van der Waals surface area (Å²) in [5.41, 5.74) is -0.178. The van der Waals surface area contributed by atoms with Gasteiger partial charge in [0.15, 0.2) is 0 Å². The fourth-order valence-electron chi connectivity index (χ4n) is 1.34. The summed E-state index contributed by atoms with van der Waals surface area (Å²) >= 11 is 0. The van der Waals surface area contributed by atoms with Crippen molar-refractivity contribution >= 4 is 5.97 Å². The molecule has 0 aliphatic rings. The second-order valence-corrected chi connectivity index (χ2v) is 4.63. The normalized spacial score (nSPS) is 11.4. The summed E-state index contributed by atoms with van der Waals surface area (Å²) in [5, 5.41) is 8.96. The van der Waals surface area contributed by atoms with Crippen molar-refractivity contribution in [3.63, 3.8) is 0 Å². The van der Waals surface area contributed by atoms with E-state index in [4.69, 9.17) is 5.11 Å². The summed E-state index contributed by atoms with van der Waals surface area (Å²) in [5.74, 6) is -0.840. The monoisotopic (exact) mass is 223 g/mol. The first kappa shape index (κ1) is 12.5. The highest BCUT2D eigenvalue weighted by Crippen LogP contribution is 2.20. The number of nitrogens with zero attached hydrogens (tertiary/aromatic N) is 1. The molecule has 0 bridgehead atoms. The van der Waals surface area contributed by atoms with Crippen LogP contribution in [0, 0.1) is 12.3 Å². The smallest absolute Gasteiger partial charge is 0.309 e. The van der Waals surface area contributed by atoms with E-state index in [2.05, 4.69) is 0 Å². The minimum Gasteiger partial charge on any atom is -0.481 e. The van der Waals surface area contributed by atoms with E-state index in [1.807, 2.05) is 0 Å². The zero-order valence-corrected chi connectivity index (χ0v) is 9.86. The predicted molar refractivity (Wildman–Crippen MR) is 61.5 cm³/mol. The third-order valence-corrected chi connectivity index (χ3v) is 2.77. The predicted octanol–water partition coefficient (Wildman–Crippen LogP) is 1.66. The van der Waals surface area contributed by atoms with Crippen LogP contribution in [0.2, 0.25) is 0 Å². The van der Waals surface area contributed by atoms with Gasteiger partial charge in [-0.05, 0) is 33.3 Å². The summed E-state index contributed by atoms with van der Waals surface area (Å²) in [6.07, 6.45) is 2.12. The van der Waals surface area contributed by atoms with Crippen LogP contribution in [0.5, 0.6) is 0 Å². The first-order valence-electron chi connectivity index (χ1n) is 5.24. The molecule has 0 spiro atoms. The van der Waals surface area contributed by atoms with Gasteiger partial charge in [-0.2, -0.15) is 0 Å². The number of carbonyl (C=O) groups is 1. The number of aryl methyl sites for hydroxylation is 2. The van der Waals surface area contributed by atoms with E-state index in [0.29, 0.717) is 18.5 Å². The number of hydrogen-bond acceptors (Lipinski definition) is 2. The lowest BCUT2D eigenvalue weighted by Gasteiger charge is -2.19. The maximum atomic E-state index is 11.7. The van der Waals surface area contributed by atoms with Gasteiger partial charge in [0.05, 0.1) is 5.41 Å². The molecule has 0 radical (unpaired) electrons. The molecule has 0 amide bonds. The van der Waals surface area contributed by atoms with Crippen molar-refractivity contribution in [3.05, 3.63) is 34.2 Å². The zero-order valence-electron chi connectivity index (χ0n) is 9.86. The zero-order chi connectivity index (χ0) is 12.3. The molecule has 0 aliphatic heterocycles. The topological polar surface area (TPSA) is 59.3 Å². The Morgan fingerprint density at radius 3 is 2.69 bits per heavy atom. The molecule has 88 valence electrons. The molecule has 1 N–H and O–H groups in total. The molecule has 0 aliphatic carbocycles. The van der Waals surface area contributed by atoms with Crippen LogP contribution < -0.4 is 5.56 Å². The molecule has 0 aromatic carbocycles. The minimum absolute atomic E-state index is 0.0521. The van der Waals surface area contributed by atoms with Crippen LogP contribution in [0.25, 0.3) is 0 Å². The maximum absolute atomic E-state index is 11.7. The van der Waals surface area contributed by atoms with Crippen LogP contribution >= 0.6 is 0 Å². The molecule has 4 nitrogen and oxygen atoms in total. The molecule has 0 fully saturated rings. The molecule has 4 heteroatoms. The quantitative estimate of drug-likeness (QED) is 0.844. The second-order valence-electron chi connectivity index (χ2n) is 4.63. The number of carboxylic acids is 1. The van der Waals surface area contributed by atoms with Gasteiger partial charge >= 0.3 is 5.97 Å². The van der Waals surface area contributed by atoms with Crippen molar-refractivity contribution in [3.8, 4) is 0 Å². The molecule has 0 unspecified atom stereocenters. The Hall–Kier alpha value is -1.58. The van der Waals surface area contributed by atoms with Gasteiger partial charge in [-0.3, -0.25) is 9.59 Å². The fraction of sp³-hybridized carbons (Fsp3) is 0.500. The summed E-state index contributed by atoms with van der Waals surface area (Å²) in [4.78, 5) is 22.6. The van der Waals surface area contributed by atoms with Crippen molar-refractivity contribution in [2.24, 2.45) is 5.41 Å². The molecule has 16 heavy (non-hydrogen) atoms. The number of carboxylic acid groups (broad SMARTS) is 1. The highest BCUT2D eigenvalue weighted by molar-refractivity contribution is 5.73. The van der Waals surface area contributed by atoms with Gasteiger partial charge in [0.1, 0.15) is 0 Å². The van der Waals surface area contributed by atoms with Crippen molar-refractivity contribution in [1.82, 2.24) is 4.57 Å². The fourth-order valence-corrected chi connectivity index (χ4v) is 1.34. The standard InChI is InChI=1S/C12H17NO3/c1-9-5-4-7-13(10(9)14)8-6-12(2,3)11(15)16/h4-5,7H,6,8H2,1-3H3,(H,15,16). The summed E-state index contributed by atoms with van der Waals surface area (Å²) < 4.78 is 1.56. The Morgan fingerprint density at radius 2 is 2.12 bits per heavy atom. The lowest BCUT2D eigenvalue weighted by Crippen LogP contribution is -2.28. The number of rotatable bonds is 4. The number of hydrogen-bond donors (Lipinski definition) is 1. The molecule has 1 aromatic heterocycles. The molecule has 1 rings (SSSR count). The van der Waals surface area contributed by atoms with Gasteiger partial charge in [0, 0.05) is 18.3 Å². The molecule has 1 aromatic rings. The Kier molecular flexibility index (Phi) is 3.52. The lowest BCUT2D eigenvalue weighted by atomic mass is 9.89. The number of pyridine rings is 1. The molecule has 0 atom stereocenters. The van der Waals surface area contributed by atoms with E-state index < -0.39 is 11.4 Å². The summed E-state index contributed by atoms with van der Waals surface area (Å²) in [7, 11) is 0. The van der Waals surface area contributed by atoms with Crippen LogP contribution in [0.15, 0.2) is 23.1 Å². The van der Waals surface area contributed by atoms with E-state index in [1.165, 1.54) is 0 Å². The third kappa shape index (κ3) is 2.72.